The first-order valence-corrected chi connectivity index (χ1v) is 10.9. The minimum absolute atomic E-state index is 0.307. The van der Waals surface area contributed by atoms with E-state index < -0.39 is 0 Å². The maximum absolute atomic E-state index is 10.2. The monoisotopic (exact) mass is 377 g/mol. The Morgan fingerprint density at radius 1 is 1.14 bits per heavy atom. The first-order valence-electron chi connectivity index (χ1n) is 10.9. The van der Waals surface area contributed by atoms with Gasteiger partial charge in [0.2, 0.25) is 0 Å². The van der Waals surface area contributed by atoms with Gasteiger partial charge in [-0.3, -0.25) is 4.90 Å². The molecule has 1 aliphatic heterocycles. The van der Waals surface area contributed by atoms with Crippen molar-refractivity contribution in [3.8, 4) is 11.5 Å². The predicted octanol–water partition coefficient (Wildman–Crippen LogP) is 4.70. The maximum Gasteiger partial charge on any atom is 0.119 e. The molecule has 3 atom stereocenters. The molecule has 3 nitrogen and oxygen atoms in total. The Balaban J connectivity index is 1.41. The fourth-order valence-corrected chi connectivity index (χ4v) is 6.45. The van der Waals surface area contributed by atoms with Crippen LogP contribution in [0.3, 0.4) is 0 Å². The lowest BCUT2D eigenvalue weighted by molar-refractivity contribution is -0.0107. The zero-order valence-corrected chi connectivity index (χ0v) is 16.9. The molecular weight excluding hydrogens is 346 g/mol. The van der Waals surface area contributed by atoms with Crippen LogP contribution in [0.15, 0.2) is 42.5 Å². The maximum atomic E-state index is 10.2. The average Bonchev–Trinajstić information content (AvgIpc) is 2.74. The molecule has 3 heteroatoms. The molecular formula is C25H31NO2. The second-order valence-electron chi connectivity index (χ2n) is 9.01. The molecule has 5 rings (SSSR count). The van der Waals surface area contributed by atoms with Crippen LogP contribution in [0, 0.1) is 5.92 Å². The van der Waals surface area contributed by atoms with Gasteiger partial charge in [-0.1, -0.05) is 31.0 Å². The molecule has 28 heavy (non-hydrogen) atoms. The summed E-state index contributed by atoms with van der Waals surface area (Å²) in [5.74, 6) is 2.14. The summed E-state index contributed by atoms with van der Waals surface area (Å²) in [6.07, 6.45) is 8.80. The van der Waals surface area contributed by atoms with Crippen molar-refractivity contribution in [1.82, 2.24) is 4.90 Å². The van der Waals surface area contributed by atoms with Gasteiger partial charge in [-0.25, -0.2) is 0 Å². The van der Waals surface area contributed by atoms with Crippen LogP contribution in [0.25, 0.3) is 0 Å². The van der Waals surface area contributed by atoms with Gasteiger partial charge in [0.05, 0.1) is 7.11 Å². The third-order valence-electron chi connectivity index (χ3n) is 7.76. The molecule has 1 heterocycles. The van der Waals surface area contributed by atoms with Crippen molar-refractivity contribution in [3.05, 3.63) is 59.2 Å². The van der Waals surface area contributed by atoms with E-state index in [2.05, 4.69) is 35.2 Å². The highest BCUT2D eigenvalue weighted by Crippen LogP contribution is 2.56. The molecule has 0 aromatic heterocycles. The van der Waals surface area contributed by atoms with Gasteiger partial charge in [-0.2, -0.15) is 0 Å². The van der Waals surface area contributed by atoms with Crippen molar-refractivity contribution >= 4 is 0 Å². The Morgan fingerprint density at radius 2 is 2.07 bits per heavy atom. The highest BCUT2D eigenvalue weighted by molar-refractivity contribution is 5.45. The summed E-state index contributed by atoms with van der Waals surface area (Å²) in [5, 5.41) is 10.2. The summed E-state index contributed by atoms with van der Waals surface area (Å²) in [5.41, 5.74) is 4.62. The van der Waals surface area contributed by atoms with E-state index in [1.165, 1.54) is 55.3 Å². The number of ether oxygens (including phenoxy) is 1. The normalized spacial score (nSPS) is 29.0. The number of phenolic OH excluding ortho intramolecular Hbond substituents is 1. The lowest BCUT2D eigenvalue weighted by Crippen LogP contribution is -2.61. The summed E-state index contributed by atoms with van der Waals surface area (Å²) < 4.78 is 5.40. The molecule has 0 radical (unpaired) electrons. The van der Waals surface area contributed by atoms with Gasteiger partial charge in [0.15, 0.2) is 0 Å². The van der Waals surface area contributed by atoms with Gasteiger partial charge < -0.3 is 9.84 Å². The largest absolute Gasteiger partial charge is 0.508 e. The lowest BCUT2D eigenvalue weighted by Gasteiger charge is -2.59. The fourth-order valence-electron chi connectivity index (χ4n) is 6.45. The SMILES string of the molecule is COc1cccc(CCN2CC[C@@]34CCCC[C@H]3[C@@H]2Cc2ccc(O)cc24)c1. The Bertz CT molecular complexity index is 863. The lowest BCUT2D eigenvalue weighted by atomic mass is 9.52. The van der Waals surface area contributed by atoms with Crippen LogP contribution in [0.4, 0.5) is 0 Å². The fraction of sp³-hybridized carbons (Fsp3) is 0.520. The number of likely N-dealkylation sites (tertiary alicyclic amines) is 1. The molecule has 2 fully saturated rings. The number of methoxy groups -OCH3 is 1. The predicted molar refractivity (Wildman–Crippen MR) is 112 cm³/mol. The number of phenols is 1. The highest BCUT2D eigenvalue weighted by Gasteiger charge is 2.53. The van der Waals surface area contributed by atoms with E-state index in [9.17, 15) is 5.11 Å². The average molecular weight is 378 g/mol. The topological polar surface area (TPSA) is 32.7 Å². The molecule has 1 N–H and O–H groups in total. The molecule has 0 unspecified atom stereocenters. The number of hydrogen-bond acceptors (Lipinski definition) is 3. The molecule has 2 aromatic rings. The molecule has 148 valence electrons. The first kappa shape index (κ1) is 18.1. The molecule has 0 amide bonds. The summed E-state index contributed by atoms with van der Waals surface area (Å²) in [6, 6.07) is 15.3. The van der Waals surface area contributed by atoms with Gasteiger partial charge in [0, 0.05) is 18.0 Å². The Hall–Kier alpha value is -2.00. The summed E-state index contributed by atoms with van der Waals surface area (Å²) in [4.78, 5) is 2.77. The van der Waals surface area contributed by atoms with E-state index in [0.29, 0.717) is 17.2 Å². The molecule has 3 aliphatic rings. The number of fused-ring (bicyclic) bond motifs is 1. The van der Waals surface area contributed by atoms with Crippen molar-refractivity contribution in [2.45, 2.75) is 56.4 Å². The van der Waals surface area contributed by atoms with Gasteiger partial charge in [-0.15, -0.1) is 0 Å². The van der Waals surface area contributed by atoms with E-state index in [-0.39, 0.29) is 0 Å². The van der Waals surface area contributed by atoms with Crippen molar-refractivity contribution in [3.63, 3.8) is 0 Å². The van der Waals surface area contributed by atoms with Crippen molar-refractivity contribution in [2.24, 2.45) is 5.92 Å². The van der Waals surface area contributed by atoms with Gasteiger partial charge in [0.25, 0.3) is 0 Å². The van der Waals surface area contributed by atoms with E-state index in [1.54, 1.807) is 7.11 Å². The molecule has 2 bridgehead atoms. The van der Waals surface area contributed by atoms with Crippen LogP contribution in [0.5, 0.6) is 11.5 Å². The second kappa shape index (κ2) is 7.11. The number of piperidine rings is 1. The first-order chi connectivity index (χ1) is 13.7. The van der Waals surface area contributed by atoms with Crippen molar-refractivity contribution in [2.75, 3.05) is 20.2 Å². The molecule has 1 saturated heterocycles. The molecule has 2 aromatic carbocycles. The van der Waals surface area contributed by atoms with E-state index in [1.807, 2.05) is 12.1 Å². The van der Waals surface area contributed by atoms with Crippen molar-refractivity contribution in [1.29, 1.82) is 0 Å². The van der Waals surface area contributed by atoms with E-state index in [0.717, 1.165) is 31.1 Å². The third kappa shape index (κ3) is 2.91. The number of rotatable bonds is 4. The summed E-state index contributed by atoms with van der Waals surface area (Å²) in [6.45, 7) is 2.30. The number of hydrogen-bond donors (Lipinski definition) is 1. The van der Waals surface area contributed by atoms with Crippen LogP contribution in [-0.2, 0) is 18.3 Å². The quantitative estimate of drug-likeness (QED) is 0.838. The van der Waals surface area contributed by atoms with Gasteiger partial charge in [-0.05, 0) is 85.5 Å². The minimum atomic E-state index is 0.307. The summed E-state index contributed by atoms with van der Waals surface area (Å²) >= 11 is 0. The van der Waals surface area contributed by atoms with E-state index >= 15 is 0 Å². The summed E-state index contributed by atoms with van der Waals surface area (Å²) in [7, 11) is 1.74. The molecule has 0 spiro atoms. The number of nitrogens with zero attached hydrogens (tertiary/aromatic N) is 1. The Labute approximate surface area is 168 Å². The highest BCUT2D eigenvalue weighted by atomic mass is 16.5. The third-order valence-corrected chi connectivity index (χ3v) is 7.76. The van der Waals surface area contributed by atoms with Gasteiger partial charge in [0.1, 0.15) is 11.5 Å². The van der Waals surface area contributed by atoms with Crippen molar-refractivity contribution < 1.29 is 9.84 Å². The standard InChI is InChI=1S/C25H31NO2/c1-28-21-6-4-5-18(15-21)10-13-26-14-12-25-11-3-2-7-22(25)24(26)16-19-8-9-20(27)17-23(19)25/h4-6,8-9,15,17,22,24,27H,2-3,7,10-14,16H2,1H3/t22-,24-,25-/m0/s1. The Morgan fingerprint density at radius 3 is 2.96 bits per heavy atom. The zero-order valence-electron chi connectivity index (χ0n) is 16.9. The smallest absolute Gasteiger partial charge is 0.119 e. The molecule has 2 aliphatic carbocycles. The molecule has 1 saturated carbocycles. The Kier molecular flexibility index (Phi) is 4.59. The van der Waals surface area contributed by atoms with Crippen LogP contribution in [0.2, 0.25) is 0 Å². The van der Waals surface area contributed by atoms with E-state index in [4.69, 9.17) is 4.74 Å². The number of benzene rings is 2. The minimum Gasteiger partial charge on any atom is -0.508 e. The van der Waals surface area contributed by atoms with Crippen LogP contribution in [-0.4, -0.2) is 36.2 Å². The van der Waals surface area contributed by atoms with Crippen LogP contribution in [0.1, 0.15) is 48.8 Å². The van der Waals surface area contributed by atoms with Crippen LogP contribution < -0.4 is 4.74 Å². The van der Waals surface area contributed by atoms with Crippen LogP contribution >= 0.6 is 0 Å². The number of aromatic hydroxyl groups is 1. The van der Waals surface area contributed by atoms with Gasteiger partial charge >= 0.3 is 0 Å². The second-order valence-corrected chi connectivity index (χ2v) is 9.01. The zero-order chi connectivity index (χ0) is 19.1.